The number of hydrogen-bond donors (Lipinski definition) is 0. The lowest BCUT2D eigenvalue weighted by atomic mass is 9.68. The third-order valence-electron chi connectivity index (χ3n) is 8.41. The molecule has 0 aromatic heterocycles. The van der Waals surface area contributed by atoms with E-state index in [1.165, 1.54) is 77.0 Å². The number of rotatable bonds is 8. The Labute approximate surface area is 217 Å². The molecule has 0 spiro atoms. The number of halogens is 6. The second kappa shape index (κ2) is 14.8. The minimum Gasteiger partial charge on any atom is -0.251 e. The van der Waals surface area contributed by atoms with Gasteiger partial charge < -0.3 is 0 Å². The minimum atomic E-state index is -1.63. The van der Waals surface area contributed by atoms with Gasteiger partial charge in [-0.15, -0.1) is 0 Å². The van der Waals surface area contributed by atoms with Crippen molar-refractivity contribution in [2.75, 3.05) is 6.67 Å². The molecule has 0 aliphatic heterocycles. The Morgan fingerprint density at radius 2 is 1.19 bits per heavy atom. The molecule has 0 nitrogen and oxygen atoms in total. The second-order valence-corrected chi connectivity index (χ2v) is 10.9. The van der Waals surface area contributed by atoms with Crippen LogP contribution in [0.1, 0.15) is 90.4 Å². The highest BCUT2D eigenvalue weighted by molar-refractivity contribution is 5.64. The van der Waals surface area contributed by atoms with Gasteiger partial charge in [-0.25, -0.2) is 22.0 Å². The molecular formula is C31H40F6. The summed E-state index contributed by atoms with van der Waals surface area (Å²) < 4.78 is 76.9. The van der Waals surface area contributed by atoms with Crippen molar-refractivity contribution in [2.45, 2.75) is 90.4 Å². The number of hydrogen-bond acceptors (Lipinski definition) is 0. The van der Waals surface area contributed by atoms with E-state index >= 15 is 0 Å². The van der Waals surface area contributed by atoms with Gasteiger partial charge in [0.25, 0.3) is 0 Å². The topological polar surface area (TPSA) is 0 Å². The van der Waals surface area contributed by atoms with E-state index < -0.39 is 29.1 Å². The van der Waals surface area contributed by atoms with E-state index in [1.807, 2.05) is 0 Å². The average Bonchev–Trinajstić information content (AvgIpc) is 2.89. The van der Waals surface area contributed by atoms with Crippen molar-refractivity contribution in [3.63, 3.8) is 0 Å². The summed E-state index contributed by atoms with van der Waals surface area (Å²) in [4.78, 5) is 0. The van der Waals surface area contributed by atoms with Crippen LogP contribution in [0.25, 0.3) is 11.1 Å². The van der Waals surface area contributed by atoms with Crippen LogP contribution in [0, 0.1) is 52.8 Å². The van der Waals surface area contributed by atoms with E-state index in [0.717, 1.165) is 36.3 Å². The summed E-state index contributed by atoms with van der Waals surface area (Å²) >= 11 is 0. The van der Waals surface area contributed by atoms with Crippen molar-refractivity contribution in [2.24, 2.45) is 23.7 Å². The molecule has 2 aromatic carbocycles. The number of alkyl halides is 1. The van der Waals surface area contributed by atoms with E-state index in [4.69, 9.17) is 0 Å². The fourth-order valence-corrected chi connectivity index (χ4v) is 6.17. The Hall–Kier alpha value is -1.98. The second-order valence-electron chi connectivity index (χ2n) is 10.9. The maximum atomic E-state index is 13.3. The van der Waals surface area contributed by atoms with Gasteiger partial charge in [-0.2, -0.15) is 0 Å². The minimum absolute atomic E-state index is 0.0990. The van der Waals surface area contributed by atoms with Gasteiger partial charge in [0.1, 0.15) is 11.6 Å². The molecule has 2 fully saturated rings. The molecule has 0 N–H and O–H groups in total. The first-order chi connectivity index (χ1) is 17.8. The molecule has 0 atom stereocenters. The van der Waals surface area contributed by atoms with E-state index in [9.17, 15) is 26.3 Å². The largest absolute Gasteiger partial charge is 0.251 e. The first-order valence-electron chi connectivity index (χ1n) is 14.0. The van der Waals surface area contributed by atoms with Gasteiger partial charge in [0.05, 0.1) is 6.67 Å². The van der Waals surface area contributed by atoms with Crippen LogP contribution in [0.4, 0.5) is 26.3 Å². The molecule has 0 amide bonds. The molecule has 206 valence electrons. The third kappa shape index (κ3) is 8.78. The quantitative estimate of drug-likeness (QED) is 0.182. The average molecular weight is 527 g/mol. The Balaban J connectivity index is 0.000000208. The van der Waals surface area contributed by atoms with Crippen LogP contribution in [0.3, 0.4) is 0 Å². The highest BCUT2D eigenvalue weighted by Crippen LogP contribution is 2.42. The predicted octanol–water partition coefficient (Wildman–Crippen LogP) is 10.6. The van der Waals surface area contributed by atoms with Crippen molar-refractivity contribution < 1.29 is 26.3 Å². The molecule has 2 aliphatic carbocycles. The summed E-state index contributed by atoms with van der Waals surface area (Å²) in [5, 5.41) is 0. The lowest BCUT2D eigenvalue weighted by Crippen LogP contribution is -2.26. The Bertz CT molecular complexity index is 935. The van der Waals surface area contributed by atoms with Crippen molar-refractivity contribution in [1.29, 1.82) is 0 Å². The Morgan fingerprint density at radius 1 is 0.649 bits per heavy atom. The molecule has 0 radical (unpaired) electrons. The van der Waals surface area contributed by atoms with Crippen LogP contribution in [0.2, 0.25) is 0 Å². The maximum Gasteiger partial charge on any atom is 0.194 e. The van der Waals surface area contributed by atoms with Crippen LogP contribution in [0.5, 0.6) is 0 Å². The van der Waals surface area contributed by atoms with Gasteiger partial charge in [0, 0.05) is 11.6 Å². The molecule has 2 saturated carbocycles. The maximum absolute atomic E-state index is 13.3. The molecule has 0 saturated heterocycles. The summed E-state index contributed by atoms with van der Waals surface area (Å²) in [6.45, 7) is 2.20. The Morgan fingerprint density at radius 3 is 1.68 bits per heavy atom. The van der Waals surface area contributed by atoms with Gasteiger partial charge in [0.15, 0.2) is 17.5 Å². The fraction of sp³-hybridized carbons (Fsp3) is 0.613. The molecule has 0 heterocycles. The van der Waals surface area contributed by atoms with Crippen LogP contribution < -0.4 is 0 Å². The van der Waals surface area contributed by atoms with Crippen LogP contribution in [0.15, 0.2) is 30.3 Å². The molecule has 4 rings (SSSR count). The van der Waals surface area contributed by atoms with E-state index in [0.29, 0.717) is 24.1 Å². The zero-order chi connectivity index (χ0) is 26.8. The van der Waals surface area contributed by atoms with Gasteiger partial charge in [-0.1, -0.05) is 58.3 Å². The Kier molecular flexibility index (Phi) is 11.8. The van der Waals surface area contributed by atoms with Gasteiger partial charge in [-0.05, 0) is 85.6 Å². The fourth-order valence-electron chi connectivity index (χ4n) is 6.17. The molecule has 2 aromatic rings. The molecule has 6 heteroatoms. The van der Waals surface area contributed by atoms with Crippen LogP contribution >= 0.6 is 0 Å². The van der Waals surface area contributed by atoms with Gasteiger partial charge >= 0.3 is 0 Å². The summed E-state index contributed by atoms with van der Waals surface area (Å²) in [6, 6.07) is 3.84. The van der Waals surface area contributed by atoms with E-state index in [2.05, 4.69) is 6.92 Å². The number of benzene rings is 2. The third-order valence-corrected chi connectivity index (χ3v) is 8.41. The van der Waals surface area contributed by atoms with Crippen molar-refractivity contribution in [1.82, 2.24) is 0 Å². The molecule has 0 bridgehead atoms. The van der Waals surface area contributed by atoms with Crippen molar-refractivity contribution in [3.05, 3.63) is 59.4 Å². The highest BCUT2D eigenvalue weighted by Gasteiger charge is 2.30. The summed E-state index contributed by atoms with van der Waals surface area (Å²) in [6.07, 6.45) is 18.0. The van der Waals surface area contributed by atoms with E-state index in [-0.39, 0.29) is 17.8 Å². The molecule has 37 heavy (non-hydrogen) atoms. The normalized spacial score (nSPS) is 23.9. The number of unbranched alkanes of at least 4 members (excludes halogenated alkanes) is 2. The summed E-state index contributed by atoms with van der Waals surface area (Å²) in [5.41, 5.74) is -0.400. The first-order valence-corrected chi connectivity index (χ1v) is 14.0. The summed E-state index contributed by atoms with van der Waals surface area (Å²) in [5.74, 6) is -2.51. The molecule has 2 aliphatic rings. The monoisotopic (exact) mass is 526 g/mol. The lowest BCUT2D eigenvalue weighted by Gasteiger charge is -2.37. The predicted molar refractivity (Wildman–Crippen MR) is 137 cm³/mol. The van der Waals surface area contributed by atoms with Gasteiger partial charge in [-0.3, -0.25) is 4.39 Å². The first kappa shape index (κ1) is 29.6. The van der Waals surface area contributed by atoms with Crippen molar-refractivity contribution >= 4 is 0 Å². The van der Waals surface area contributed by atoms with E-state index in [1.54, 1.807) is 0 Å². The standard InChI is InChI=1S/C19H35F.C12H5F5/c1-2-3-4-5-16-6-10-18(11-7-16)19-12-8-17(9-13-19)14-15-20;13-7-1-2-8(9(14)5-7)6-3-10(15)12(17)11(16)4-6/h16-19H,2-15H2,1H3;1-5H. The zero-order valence-electron chi connectivity index (χ0n) is 21.9. The SMILES string of the molecule is CCCCCC1CCC(C2CCC(CCF)CC2)CC1.Fc1ccc(-c2cc(F)c(F)c(F)c2)c(F)c1. The highest BCUT2D eigenvalue weighted by atomic mass is 19.2. The van der Waals surface area contributed by atoms with Crippen LogP contribution in [-0.4, -0.2) is 6.67 Å². The molecule has 0 unspecified atom stereocenters. The van der Waals surface area contributed by atoms with Crippen LogP contribution in [-0.2, 0) is 0 Å². The zero-order valence-corrected chi connectivity index (χ0v) is 21.9. The lowest BCUT2D eigenvalue weighted by molar-refractivity contribution is 0.138. The summed E-state index contributed by atoms with van der Waals surface area (Å²) in [7, 11) is 0. The molecular weight excluding hydrogens is 486 g/mol. The van der Waals surface area contributed by atoms with Crippen molar-refractivity contribution in [3.8, 4) is 11.1 Å². The smallest absolute Gasteiger partial charge is 0.194 e. The van der Waals surface area contributed by atoms with Gasteiger partial charge in [0.2, 0.25) is 0 Å².